The SMILES string of the molecule is C=C(CCCC)C(=N)N. The van der Waals surface area contributed by atoms with E-state index in [-0.39, 0.29) is 5.84 Å². The van der Waals surface area contributed by atoms with Crippen molar-refractivity contribution in [3.8, 4) is 0 Å². The van der Waals surface area contributed by atoms with E-state index in [1.54, 1.807) is 0 Å². The van der Waals surface area contributed by atoms with Gasteiger partial charge in [-0.05, 0) is 18.4 Å². The lowest BCUT2D eigenvalue weighted by Gasteiger charge is -1.99. The monoisotopic (exact) mass is 126 g/mol. The van der Waals surface area contributed by atoms with Crippen molar-refractivity contribution in [2.75, 3.05) is 0 Å². The van der Waals surface area contributed by atoms with Gasteiger partial charge in [0.25, 0.3) is 0 Å². The van der Waals surface area contributed by atoms with Crippen molar-refractivity contribution in [1.82, 2.24) is 0 Å². The number of nitrogens with one attached hydrogen (secondary N) is 1. The van der Waals surface area contributed by atoms with E-state index in [0.29, 0.717) is 0 Å². The normalized spacial score (nSPS) is 9.00. The van der Waals surface area contributed by atoms with Crippen molar-refractivity contribution in [1.29, 1.82) is 5.41 Å². The number of nitrogens with two attached hydrogens (primary N) is 1. The maximum Gasteiger partial charge on any atom is 0.118 e. The van der Waals surface area contributed by atoms with Crippen LogP contribution < -0.4 is 5.73 Å². The van der Waals surface area contributed by atoms with Gasteiger partial charge in [0.1, 0.15) is 5.84 Å². The first-order valence-corrected chi connectivity index (χ1v) is 3.20. The van der Waals surface area contributed by atoms with E-state index < -0.39 is 0 Å². The van der Waals surface area contributed by atoms with Gasteiger partial charge in [-0.2, -0.15) is 0 Å². The van der Waals surface area contributed by atoms with Gasteiger partial charge < -0.3 is 5.73 Å². The third-order valence-corrected chi connectivity index (χ3v) is 1.21. The number of hydrogen-bond donors (Lipinski definition) is 2. The Bertz CT molecular complexity index is 116. The van der Waals surface area contributed by atoms with Crippen LogP contribution in [0.5, 0.6) is 0 Å². The molecule has 0 spiro atoms. The highest BCUT2D eigenvalue weighted by molar-refractivity contribution is 5.93. The predicted molar refractivity (Wildman–Crippen MR) is 40.6 cm³/mol. The van der Waals surface area contributed by atoms with Gasteiger partial charge in [-0.1, -0.05) is 19.9 Å². The molecule has 0 aliphatic heterocycles. The molecule has 0 aromatic rings. The first-order chi connectivity index (χ1) is 4.18. The second-order valence-corrected chi connectivity index (χ2v) is 2.12. The summed E-state index contributed by atoms with van der Waals surface area (Å²) in [6.45, 7) is 5.75. The highest BCUT2D eigenvalue weighted by atomic mass is 14.7. The van der Waals surface area contributed by atoms with Crippen molar-refractivity contribution in [3.63, 3.8) is 0 Å². The van der Waals surface area contributed by atoms with Crippen LogP contribution in [-0.4, -0.2) is 5.84 Å². The van der Waals surface area contributed by atoms with Crippen LogP contribution in [0.4, 0.5) is 0 Å². The third kappa shape index (κ3) is 3.76. The number of unbranched alkanes of at least 4 members (excludes halogenated alkanes) is 1. The summed E-state index contributed by atoms with van der Waals surface area (Å²) in [4.78, 5) is 0. The van der Waals surface area contributed by atoms with E-state index in [1.165, 1.54) is 0 Å². The number of hydrogen-bond acceptors (Lipinski definition) is 1. The molecule has 0 bridgehead atoms. The Balaban J connectivity index is 3.39. The Morgan fingerprint density at radius 3 is 2.56 bits per heavy atom. The van der Waals surface area contributed by atoms with Crippen molar-refractivity contribution in [2.24, 2.45) is 5.73 Å². The molecule has 0 atom stereocenters. The fourth-order valence-electron chi connectivity index (χ4n) is 0.525. The highest BCUT2D eigenvalue weighted by Gasteiger charge is 1.94. The second kappa shape index (κ2) is 4.13. The molecule has 0 heterocycles. The molecular weight excluding hydrogens is 112 g/mol. The largest absolute Gasteiger partial charge is 0.384 e. The molecule has 2 heteroatoms. The van der Waals surface area contributed by atoms with Crippen LogP contribution in [0.2, 0.25) is 0 Å². The average molecular weight is 126 g/mol. The molecule has 0 aromatic carbocycles. The molecular formula is C7H14N2. The van der Waals surface area contributed by atoms with Gasteiger partial charge in [0.15, 0.2) is 0 Å². The molecule has 3 N–H and O–H groups in total. The Labute approximate surface area is 56.3 Å². The fraction of sp³-hybridized carbons (Fsp3) is 0.571. The Morgan fingerprint density at radius 2 is 2.22 bits per heavy atom. The smallest absolute Gasteiger partial charge is 0.118 e. The van der Waals surface area contributed by atoms with Crippen LogP contribution in [-0.2, 0) is 0 Å². The Kier molecular flexibility index (Phi) is 3.76. The zero-order valence-corrected chi connectivity index (χ0v) is 5.91. The molecule has 0 unspecified atom stereocenters. The summed E-state index contributed by atoms with van der Waals surface area (Å²) < 4.78 is 0. The van der Waals surface area contributed by atoms with E-state index in [4.69, 9.17) is 11.1 Å². The Hall–Kier alpha value is -0.790. The highest BCUT2D eigenvalue weighted by Crippen LogP contribution is 2.02. The van der Waals surface area contributed by atoms with Crippen molar-refractivity contribution >= 4 is 5.84 Å². The van der Waals surface area contributed by atoms with Crippen molar-refractivity contribution in [2.45, 2.75) is 26.2 Å². The summed E-state index contributed by atoms with van der Waals surface area (Å²) in [5.41, 5.74) is 5.92. The van der Waals surface area contributed by atoms with Gasteiger partial charge in [-0.3, -0.25) is 5.41 Å². The zero-order valence-electron chi connectivity index (χ0n) is 5.91. The zero-order chi connectivity index (χ0) is 7.28. The van der Waals surface area contributed by atoms with E-state index in [1.807, 2.05) is 0 Å². The average Bonchev–Trinajstić information content (AvgIpc) is 1.82. The van der Waals surface area contributed by atoms with Crippen molar-refractivity contribution < 1.29 is 0 Å². The van der Waals surface area contributed by atoms with Crippen LogP contribution in [0.15, 0.2) is 12.2 Å². The van der Waals surface area contributed by atoms with E-state index in [9.17, 15) is 0 Å². The summed E-state index contributed by atoms with van der Waals surface area (Å²) in [6.07, 6.45) is 3.08. The quantitative estimate of drug-likeness (QED) is 0.437. The summed E-state index contributed by atoms with van der Waals surface area (Å²) in [6, 6.07) is 0. The van der Waals surface area contributed by atoms with Crippen LogP contribution in [0.3, 0.4) is 0 Å². The molecule has 0 saturated carbocycles. The lowest BCUT2D eigenvalue weighted by Crippen LogP contribution is -2.11. The molecule has 0 rings (SSSR count). The minimum atomic E-state index is 0.128. The van der Waals surface area contributed by atoms with Crippen LogP contribution in [0.1, 0.15) is 26.2 Å². The Morgan fingerprint density at radius 1 is 1.67 bits per heavy atom. The predicted octanol–water partition coefficient (Wildman–Crippen LogP) is 1.67. The molecule has 0 saturated heterocycles. The van der Waals surface area contributed by atoms with Gasteiger partial charge in [0, 0.05) is 0 Å². The van der Waals surface area contributed by atoms with Gasteiger partial charge in [0.2, 0.25) is 0 Å². The first kappa shape index (κ1) is 8.21. The molecule has 0 fully saturated rings. The van der Waals surface area contributed by atoms with Gasteiger partial charge in [0.05, 0.1) is 0 Å². The van der Waals surface area contributed by atoms with E-state index >= 15 is 0 Å². The maximum atomic E-state index is 6.96. The summed E-state index contributed by atoms with van der Waals surface area (Å²) in [5, 5.41) is 6.96. The number of amidine groups is 1. The molecule has 0 aliphatic carbocycles. The van der Waals surface area contributed by atoms with Gasteiger partial charge >= 0.3 is 0 Å². The first-order valence-electron chi connectivity index (χ1n) is 3.20. The molecule has 9 heavy (non-hydrogen) atoms. The van der Waals surface area contributed by atoms with Crippen LogP contribution >= 0.6 is 0 Å². The lowest BCUT2D eigenvalue weighted by molar-refractivity contribution is 0.803. The standard InChI is InChI=1S/C7H14N2/c1-3-4-5-6(2)7(8)9/h2-5H2,1H3,(H3,8,9). The number of rotatable bonds is 4. The fourth-order valence-corrected chi connectivity index (χ4v) is 0.525. The summed E-state index contributed by atoms with van der Waals surface area (Å²) in [7, 11) is 0. The second-order valence-electron chi connectivity index (χ2n) is 2.12. The molecule has 52 valence electrons. The molecule has 2 nitrogen and oxygen atoms in total. The summed E-state index contributed by atoms with van der Waals surface area (Å²) in [5.74, 6) is 0.128. The van der Waals surface area contributed by atoms with Crippen LogP contribution in [0, 0.1) is 5.41 Å². The van der Waals surface area contributed by atoms with E-state index in [0.717, 1.165) is 24.8 Å². The van der Waals surface area contributed by atoms with Crippen LogP contribution in [0.25, 0.3) is 0 Å². The topological polar surface area (TPSA) is 49.9 Å². The molecule has 0 aliphatic rings. The lowest BCUT2D eigenvalue weighted by atomic mass is 10.1. The third-order valence-electron chi connectivity index (χ3n) is 1.21. The summed E-state index contributed by atoms with van der Waals surface area (Å²) >= 11 is 0. The van der Waals surface area contributed by atoms with Gasteiger partial charge in [-0.25, -0.2) is 0 Å². The minimum absolute atomic E-state index is 0.128. The van der Waals surface area contributed by atoms with Gasteiger partial charge in [-0.15, -0.1) is 0 Å². The molecule has 0 radical (unpaired) electrons. The maximum absolute atomic E-state index is 6.96. The molecule has 0 aromatic heterocycles. The minimum Gasteiger partial charge on any atom is -0.384 e. The molecule has 0 amide bonds. The van der Waals surface area contributed by atoms with E-state index in [2.05, 4.69) is 13.5 Å². The van der Waals surface area contributed by atoms with Crippen molar-refractivity contribution in [3.05, 3.63) is 12.2 Å².